The van der Waals surface area contributed by atoms with Crippen molar-refractivity contribution in [3.8, 4) is 22.5 Å². The molecule has 3 N–H and O–H groups in total. The Hall–Kier alpha value is -4.52. The van der Waals surface area contributed by atoms with Crippen LogP contribution in [0.1, 0.15) is 5.56 Å². The van der Waals surface area contributed by atoms with Crippen molar-refractivity contribution in [2.45, 2.75) is 6.92 Å². The predicted octanol–water partition coefficient (Wildman–Crippen LogP) is 5.45. The summed E-state index contributed by atoms with van der Waals surface area (Å²) in [7, 11) is 4.05. The van der Waals surface area contributed by atoms with E-state index in [0.29, 0.717) is 11.6 Å². The van der Waals surface area contributed by atoms with Gasteiger partial charge in [-0.25, -0.2) is 19.9 Å². The molecule has 168 valence electrons. The van der Waals surface area contributed by atoms with Crippen LogP contribution in [-0.2, 0) is 0 Å². The Balaban J connectivity index is 1.66. The summed E-state index contributed by atoms with van der Waals surface area (Å²) < 4.78 is 0. The topological polar surface area (TPSA) is 92.8 Å². The molecule has 0 aliphatic carbocycles. The van der Waals surface area contributed by atoms with Gasteiger partial charge in [0.1, 0.15) is 18.0 Å². The number of pyridine rings is 2. The van der Waals surface area contributed by atoms with E-state index in [-0.39, 0.29) is 0 Å². The van der Waals surface area contributed by atoms with Crippen LogP contribution in [0.25, 0.3) is 33.3 Å². The van der Waals surface area contributed by atoms with Crippen LogP contribution in [0.4, 0.5) is 23.0 Å². The number of rotatable bonds is 5. The lowest BCUT2D eigenvalue weighted by Gasteiger charge is -2.17. The minimum Gasteiger partial charge on any atom is -0.383 e. The highest BCUT2D eigenvalue weighted by atomic mass is 15.1. The molecule has 7 heteroatoms. The zero-order valence-electron chi connectivity index (χ0n) is 19.3. The third-order valence-corrected chi connectivity index (χ3v) is 5.82. The van der Waals surface area contributed by atoms with E-state index in [0.717, 1.165) is 50.2 Å². The summed E-state index contributed by atoms with van der Waals surface area (Å²) in [5, 5.41) is 5.43. The Bertz CT molecular complexity index is 1480. The summed E-state index contributed by atoms with van der Waals surface area (Å²) in [5.41, 5.74) is 13.1. The standard InChI is InChI=1S/C27H25N7/c1-17-9-10-20-22(15-24(32-26(20)28)18-6-4-7-19(14-18)34(2)3)25(17)33-27-21(8-5-12-30-27)23-11-13-29-16-31-23/h4-16H,1-3H3,(H2,28,32)(H,30,33). The average Bonchev–Trinajstić information content (AvgIpc) is 2.86. The van der Waals surface area contributed by atoms with Crippen LogP contribution in [0.3, 0.4) is 0 Å². The molecule has 0 bridgehead atoms. The van der Waals surface area contributed by atoms with Gasteiger partial charge in [-0.3, -0.25) is 0 Å². The second-order valence-corrected chi connectivity index (χ2v) is 8.31. The molecule has 0 atom stereocenters. The molecule has 0 spiro atoms. The molecule has 0 amide bonds. The number of aromatic nitrogens is 4. The van der Waals surface area contributed by atoms with E-state index < -0.39 is 0 Å². The zero-order valence-corrected chi connectivity index (χ0v) is 19.3. The van der Waals surface area contributed by atoms with E-state index in [4.69, 9.17) is 10.7 Å². The second-order valence-electron chi connectivity index (χ2n) is 8.31. The summed E-state index contributed by atoms with van der Waals surface area (Å²) >= 11 is 0. The Kier molecular flexibility index (Phi) is 5.51. The highest BCUT2D eigenvalue weighted by Crippen LogP contribution is 2.37. The first-order valence-corrected chi connectivity index (χ1v) is 11.0. The van der Waals surface area contributed by atoms with Gasteiger partial charge in [0.25, 0.3) is 0 Å². The van der Waals surface area contributed by atoms with Gasteiger partial charge in [0.05, 0.1) is 17.1 Å². The molecule has 5 aromatic rings. The Labute approximate surface area is 198 Å². The van der Waals surface area contributed by atoms with Crippen molar-refractivity contribution in [1.29, 1.82) is 0 Å². The van der Waals surface area contributed by atoms with Crippen LogP contribution in [0.2, 0.25) is 0 Å². The largest absolute Gasteiger partial charge is 0.383 e. The summed E-state index contributed by atoms with van der Waals surface area (Å²) in [6, 6.07) is 20.2. The quantitative estimate of drug-likeness (QED) is 0.370. The minimum atomic E-state index is 0.489. The Morgan fingerprint density at radius 1 is 0.853 bits per heavy atom. The summed E-state index contributed by atoms with van der Waals surface area (Å²) in [6.07, 6.45) is 5.03. The first-order chi connectivity index (χ1) is 16.5. The van der Waals surface area contributed by atoms with Gasteiger partial charge in [-0.05, 0) is 48.9 Å². The van der Waals surface area contributed by atoms with E-state index >= 15 is 0 Å². The van der Waals surface area contributed by atoms with Crippen LogP contribution < -0.4 is 16.0 Å². The Morgan fingerprint density at radius 3 is 2.53 bits per heavy atom. The smallest absolute Gasteiger partial charge is 0.139 e. The normalized spacial score (nSPS) is 10.9. The Morgan fingerprint density at radius 2 is 1.74 bits per heavy atom. The van der Waals surface area contributed by atoms with Crippen LogP contribution >= 0.6 is 0 Å². The SMILES string of the molecule is Cc1ccc2c(N)nc(-c3cccc(N(C)C)c3)cc2c1Nc1ncccc1-c1ccncn1. The van der Waals surface area contributed by atoms with Crippen molar-refractivity contribution >= 4 is 33.8 Å². The first-order valence-electron chi connectivity index (χ1n) is 11.0. The van der Waals surface area contributed by atoms with Gasteiger partial charge >= 0.3 is 0 Å². The number of anilines is 4. The molecule has 0 radical (unpaired) electrons. The highest BCUT2D eigenvalue weighted by Gasteiger charge is 2.15. The molecule has 5 rings (SSSR count). The van der Waals surface area contributed by atoms with E-state index in [1.165, 1.54) is 6.33 Å². The molecule has 0 aliphatic heterocycles. The number of nitrogen functional groups attached to an aromatic ring is 1. The number of benzene rings is 2. The zero-order chi connectivity index (χ0) is 23.7. The maximum Gasteiger partial charge on any atom is 0.139 e. The number of fused-ring (bicyclic) bond motifs is 1. The monoisotopic (exact) mass is 447 g/mol. The van der Waals surface area contributed by atoms with Gasteiger partial charge in [-0.1, -0.05) is 24.3 Å². The van der Waals surface area contributed by atoms with Crippen molar-refractivity contribution in [1.82, 2.24) is 19.9 Å². The fourth-order valence-corrected chi connectivity index (χ4v) is 4.00. The van der Waals surface area contributed by atoms with Gasteiger partial charge in [0, 0.05) is 54.1 Å². The molecule has 2 aromatic carbocycles. The van der Waals surface area contributed by atoms with Gasteiger partial charge in [-0.15, -0.1) is 0 Å². The fourth-order valence-electron chi connectivity index (χ4n) is 4.00. The first kappa shape index (κ1) is 21.3. The number of nitrogens with two attached hydrogens (primary N) is 1. The lowest BCUT2D eigenvalue weighted by Crippen LogP contribution is -2.08. The summed E-state index contributed by atoms with van der Waals surface area (Å²) in [6.45, 7) is 2.07. The molecule has 0 saturated heterocycles. The molecular weight excluding hydrogens is 422 g/mol. The molecule has 0 aliphatic rings. The third-order valence-electron chi connectivity index (χ3n) is 5.82. The minimum absolute atomic E-state index is 0.489. The fraction of sp³-hybridized carbons (Fsp3) is 0.111. The van der Waals surface area contributed by atoms with Crippen LogP contribution in [0.15, 0.2) is 79.4 Å². The molecule has 3 heterocycles. The maximum absolute atomic E-state index is 6.44. The number of aryl methyl sites for hydroxylation is 1. The van der Waals surface area contributed by atoms with Crippen molar-refractivity contribution in [3.05, 3.63) is 84.9 Å². The molecule has 0 saturated carbocycles. The van der Waals surface area contributed by atoms with E-state index in [1.807, 2.05) is 50.5 Å². The van der Waals surface area contributed by atoms with Crippen molar-refractivity contribution in [2.24, 2.45) is 0 Å². The van der Waals surface area contributed by atoms with Crippen molar-refractivity contribution in [3.63, 3.8) is 0 Å². The third kappa shape index (κ3) is 3.99. The number of nitrogens with zero attached hydrogens (tertiary/aromatic N) is 5. The van der Waals surface area contributed by atoms with Crippen LogP contribution in [-0.4, -0.2) is 34.0 Å². The number of nitrogens with one attached hydrogen (secondary N) is 1. The maximum atomic E-state index is 6.44. The summed E-state index contributed by atoms with van der Waals surface area (Å²) in [5.74, 6) is 1.20. The summed E-state index contributed by atoms with van der Waals surface area (Å²) in [4.78, 5) is 19.8. The van der Waals surface area contributed by atoms with Gasteiger partial charge < -0.3 is 16.0 Å². The molecule has 7 nitrogen and oxygen atoms in total. The van der Waals surface area contributed by atoms with E-state index in [9.17, 15) is 0 Å². The number of hydrogen-bond acceptors (Lipinski definition) is 7. The van der Waals surface area contributed by atoms with Crippen LogP contribution in [0, 0.1) is 6.92 Å². The molecule has 34 heavy (non-hydrogen) atoms. The lowest BCUT2D eigenvalue weighted by atomic mass is 10.0. The van der Waals surface area contributed by atoms with Gasteiger partial charge in [0.2, 0.25) is 0 Å². The van der Waals surface area contributed by atoms with Crippen molar-refractivity contribution < 1.29 is 0 Å². The molecular formula is C27H25N7. The predicted molar refractivity (Wildman–Crippen MR) is 139 cm³/mol. The van der Waals surface area contributed by atoms with Crippen LogP contribution in [0.5, 0.6) is 0 Å². The van der Waals surface area contributed by atoms with Crippen molar-refractivity contribution in [2.75, 3.05) is 30.0 Å². The second kappa shape index (κ2) is 8.78. The highest BCUT2D eigenvalue weighted by molar-refractivity contribution is 6.04. The van der Waals surface area contributed by atoms with Gasteiger partial charge in [-0.2, -0.15) is 0 Å². The van der Waals surface area contributed by atoms with E-state index in [2.05, 4.69) is 56.4 Å². The molecule has 0 fully saturated rings. The average molecular weight is 448 g/mol. The van der Waals surface area contributed by atoms with Gasteiger partial charge in [0.15, 0.2) is 0 Å². The lowest BCUT2D eigenvalue weighted by molar-refractivity contribution is 1.13. The number of hydrogen-bond donors (Lipinski definition) is 2. The molecule has 0 unspecified atom stereocenters. The molecule has 3 aromatic heterocycles. The van der Waals surface area contributed by atoms with E-state index in [1.54, 1.807) is 12.4 Å².